The minimum Gasteiger partial charge on any atom is -0.378 e. The van der Waals surface area contributed by atoms with E-state index in [4.69, 9.17) is 4.74 Å². The second kappa shape index (κ2) is 9.54. The third-order valence-corrected chi connectivity index (χ3v) is 6.13. The summed E-state index contributed by atoms with van der Waals surface area (Å²) in [6.45, 7) is 4.10. The second-order valence-electron chi connectivity index (χ2n) is 7.74. The van der Waals surface area contributed by atoms with Gasteiger partial charge in [0.1, 0.15) is 11.4 Å². The van der Waals surface area contributed by atoms with E-state index in [2.05, 4.69) is 20.4 Å². The smallest absolute Gasteiger partial charge is 0.276 e. The fourth-order valence-corrected chi connectivity index (χ4v) is 4.38. The molecule has 0 spiro atoms. The van der Waals surface area contributed by atoms with Crippen LogP contribution < -0.4 is 5.32 Å². The summed E-state index contributed by atoms with van der Waals surface area (Å²) in [6, 6.07) is 14.4. The van der Waals surface area contributed by atoms with Crippen LogP contribution in [0.3, 0.4) is 0 Å². The first kappa shape index (κ1) is 21.9. The number of nitrogens with zero attached hydrogens (tertiary/aromatic N) is 5. The standard InChI is InChI=1S/C24H22N6O3S/c1-16-14-21(22(31)27-24-26-20(15-34-24)19-4-2-3-9-25-19)30(28-16)18-7-5-17(6-8-18)23(32)29-10-12-33-13-11-29/h2-9,14-15H,10-13H2,1H3,(H,26,27,31). The Morgan fingerprint density at radius 2 is 1.85 bits per heavy atom. The van der Waals surface area contributed by atoms with Gasteiger partial charge in [-0.25, -0.2) is 9.67 Å². The zero-order chi connectivity index (χ0) is 23.5. The molecular formula is C24H22N6O3S. The molecule has 1 saturated heterocycles. The third-order valence-electron chi connectivity index (χ3n) is 5.37. The highest BCUT2D eigenvalue weighted by Crippen LogP contribution is 2.24. The number of rotatable bonds is 5. The Balaban J connectivity index is 1.34. The summed E-state index contributed by atoms with van der Waals surface area (Å²) in [5.74, 6) is -0.354. The number of benzene rings is 1. The number of anilines is 1. The van der Waals surface area contributed by atoms with Gasteiger partial charge in [-0.05, 0) is 49.4 Å². The van der Waals surface area contributed by atoms with Crippen LogP contribution in [0.25, 0.3) is 17.1 Å². The topological polar surface area (TPSA) is 102 Å². The summed E-state index contributed by atoms with van der Waals surface area (Å²) in [5, 5.41) is 9.66. The minimum atomic E-state index is -0.323. The number of carbonyl (C=O) groups is 2. The van der Waals surface area contributed by atoms with Crippen LogP contribution in [-0.4, -0.2) is 62.8 Å². The van der Waals surface area contributed by atoms with Crippen molar-refractivity contribution in [2.45, 2.75) is 6.92 Å². The van der Waals surface area contributed by atoms with E-state index >= 15 is 0 Å². The SMILES string of the molecule is Cc1cc(C(=O)Nc2nc(-c3ccccn3)cs2)n(-c2ccc(C(=O)N3CCOCC3)cc2)n1. The number of hydrogen-bond acceptors (Lipinski definition) is 7. The van der Waals surface area contributed by atoms with Crippen molar-refractivity contribution in [3.8, 4) is 17.1 Å². The summed E-state index contributed by atoms with van der Waals surface area (Å²) in [5.41, 5.74) is 3.79. The van der Waals surface area contributed by atoms with Gasteiger partial charge in [0.15, 0.2) is 5.13 Å². The first-order valence-corrected chi connectivity index (χ1v) is 11.7. The Hall–Kier alpha value is -3.89. The van der Waals surface area contributed by atoms with Gasteiger partial charge in [-0.3, -0.25) is 19.9 Å². The van der Waals surface area contributed by atoms with E-state index < -0.39 is 0 Å². The van der Waals surface area contributed by atoms with Crippen molar-refractivity contribution in [3.05, 3.63) is 77.1 Å². The molecule has 1 aliphatic heterocycles. The van der Waals surface area contributed by atoms with Gasteiger partial charge in [0.05, 0.1) is 30.3 Å². The maximum Gasteiger partial charge on any atom is 0.276 e. The lowest BCUT2D eigenvalue weighted by Crippen LogP contribution is -2.40. The molecule has 1 fully saturated rings. The number of ether oxygens (including phenoxy) is 1. The lowest BCUT2D eigenvalue weighted by Gasteiger charge is -2.26. The van der Waals surface area contributed by atoms with Gasteiger partial charge < -0.3 is 9.64 Å². The molecule has 172 valence electrons. The molecule has 1 N–H and O–H groups in total. The monoisotopic (exact) mass is 474 g/mol. The van der Waals surface area contributed by atoms with Crippen molar-refractivity contribution in [1.29, 1.82) is 0 Å². The van der Waals surface area contributed by atoms with Crippen molar-refractivity contribution in [2.24, 2.45) is 0 Å². The summed E-state index contributed by atoms with van der Waals surface area (Å²) in [7, 11) is 0. The fourth-order valence-electron chi connectivity index (χ4n) is 3.68. The van der Waals surface area contributed by atoms with Crippen LogP contribution in [0.2, 0.25) is 0 Å². The molecule has 5 rings (SSSR count). The van der Waals surface area contributed by atoms with Crippen molar-refractivity contribution in [3.63, 3.8) is 0 Å². The maximum absolute atomic E-state index is 13.1. The third kappa shape index (κ3) is 4.59. The minimum absolute atomic E-state index is 0.0306. The largest absolute Gasteiger partial charge is 0.378 e. The van der Waals surface area contributed by atoms with E-state index in [0.29, 0.717) is 59.8 Å². The normalized spacial score (nSPS) is 13.6. The van der Waals surface area contributed by atoms with Gasteiger partial charge in [0.2, 0.25) is 0 Å². The number of amides is 2. The van der Waals surface area contributed by atoms with E-state index in [-0.39, 0.29) is 11.8 Å². The Morgan fingerprint density at radius 1 is 1.06 bits per heavy atom. The molecule has 0 saturated carbocycles. The van der Waals surface area contributed by atoms with Crippen LogP contribution >= 0.6 is 11.3 Å². The van der Waals surface area contributed by atoms with Gasteiger partial charge in [-0.15, -0.1) is 11.3 Å². The Morgan fingerprint density at radius 3 is 2.59 bits per heavy atom. The zero-order valence-corrected chi connectivity index (χ0v) is 19.3. The second-order valence-corrected chi connectivity index (χ2v) is 8.60. The molecule has 0 aliphatic carbocycles. The highest BCUT2D eigenvalue weighted by atomic mass is 32.1. The van der Waals surface area contributed by atoms with Crippen molar-refractivity contribution in [2.75, 3.05) is 31.6 Å². The Labute approximate surface area is 200 Å². The van der Waals surface area contributed by atoms with E-state index in [1.807, 2.05) is 30.5 Å². The number of nitrogens with one attached hydrogen (secondary N) is 1. The van der Waals surface area contributed by atoms with Crippen molar-refractivity contribution in [1.82, 2.24) is 24.6 Å². The molecular weight excluding hydrogens is 452 g/mol. The molecule has 4 aromatic rings. The summed E-state index contributed by atoms with van der Waals surface area (Å²) in [6.07, 6.45) is 1.70. The van der Waals surface area contributed by atoms with E-state index in [9.17, 15) is 9.59 Å². The van der Waals surface area contributed by atoms with Crippen molar-refractivity contribution < 1.29 is 14.3 Å². The lowest BCUT2D eigenvalue weighted by atomic mass is 10.1. The van der Waals surface area contributed by atoms with Gasteiger partial charge >= 0.3 is 0 Å². The summed E-state index contributed by atoms with van der Waals surface area (Å²) < 4.78 is 6.89. The van der Waals surface area contributed by atoms with Crippen LogP contribution in [0, 0.1) is 6.92 Å². The van der Waals surface area contributed by atoms with Crippen LogP contribution in [0.15, 0.2) is 60.1 Å². The number of pyridine rings is 1. The highest BCUT2D eigenvalue weighted by Gasteiger charge is 2.20. The first-order chi connectivity index (χ1) is 16.6. The number of carbonyl (C=O) groups excluding carboxylic acids is 2. The highest BCUT2D eigenvalue weighted by molar-refractivity contribution is 7.14. The molecule has 10 heteroatoms. The number of hydrogen-bond donors (Lipinski definition) is 1. The quantitative estimate of drug-likeness (QED) is 0.476. The molecule has 3 aromatic heterocycles. The number of thiazole rings is 1. The van der Waals surface area contributed by atoms with E-state index in [1.165, 1.54) is 11.3 Å². The molecule has 0 radical (unpaired) electrons. The van der Waals surface area contributed by atoms with E-state index in [1.54, 1.807) is 46.1 Å². The number of aryl methyl sites for hydroxylation is 1. The Bertz CT molecular complexity index is 1310. The van der Waals surface area contributed by atoms with Gasteiger partial charge in [-0.1, -0.05) is 6.07 Å². The van der Waals surface area contributed by atoms with Crippen LogP contribution in [0.1, 0.15) is 26.5 Å². The lowest BCUT2D eigenvalue weighted by molar-refractivity contribution is 0.0303. The van der Waals surface area contributed by atoms with Gasteiger partial charge in [-0.2, -0.15) is 5.10 Å². The molecule has 0 atom stereocenters. The van der Waals surface area contributed by atoms with Crippen molar-refractivity contribution >= 4 is 28.3 Å². The predicted octanol–water partition coefficient (Wildman–Crippen LogP) is 3.42. The van der Waals surface area contributed by atoms with Gasteiger partial charge in [0.25, 0.3) is 11.8 Å². The predicted molar refractivity (Wildman–Crippen MR) is 128 cm³/mol. The van der Waals surface area contributed by atoms with Crippen LogP contribution in [0.5, 0.6) is 0 Å². The van der Waals surface area contributed by atoms with E-state index in [0.717, 1.165) is 5.69 Å². The average Bonchev–Trinajstić information content (AvgIpc) is 3.51. The molecule has 0 unspecified atom stereocenters. The molecule has 1 aliphatic rings. The average molecular weight is 475 g/mol. The Kier molecular flexibility index (Phi) is 6.15. The summed E-state index contributed by atoms with van der Waals surface area (Å²) in [4.78, 5) is 36.3. The van der Waals surface area contributed by atoms with Crippen LogP contribution in [0.4, 0.5) is 5.13 Å². The molecule has 2 amide bonds. The molecule has 0 bridgehead atoms. The zero-order valence-electron chi connectivity index (χ0n) is 18.5. The summed E-state index contributed by atoms with van der Waals surface area (Å²) >= 11 is 1.33. The number of morpholine rings is 1. The molecule has 1 aromatic carbocycles. The van der Waals surface area contributed by atoms with Gasteiger partial charge in [0, 0.05) is 30.2 Å². The molecule has 34 heavy (non-hydrogen) atoms. The first-order valence-electron chi connectivity index (χ1n) is 10.8. The number of aromatic nitrogens is 4. The molecule has 9 nitrogen and oxygen atoms in total. The van der Waals surface area contributed by atoms with Crippen LogP contribution in [-0.2, 0) is 4.74 Å². The maximum atomic E-state index is 13.1. The fraction of sp³-hybridized carbons (Fsp3) is 0.208. The molecule has 4 heterocycles.